The number of anilines is 1. The van der Waals surface area contributed by atoms with E-state index in [2.05, 4.69) is 15.5 Å². The molecule has 0 radical (unpaired) electrons. The van der Waals surface area contributed by atoms with Crippen molar-refractivity contribution in [2.45, 2.75) is 20.4 Å². The third-order valence-electron chi connectivity index (χ3n) is 4.19. The standard InChI is InChI=1S/C18H19ClN6O/c1-10-17(13-4-5-15(20)14(19)7-13)11(2)25(24-10)9-12-3-6-16(22-8-12)18(26)23-21/h3-8H,9,20-21H2,1-2H3,(H,23,26). The summed E-state index contributed by atoms with van der Waals surface area (Å²) in [5.74, 6) is 4.68. The van der Waals surface area contributed by atoms with E-state index >= 15 is 0 Å². The van der Waals surface area contributed by atoms with Crippen molar-refractivity contribution in [1.29, 1.82) is 0 Å². The summed E-state index contributed by atoms with van der Waals surface area (Å²) in [6, 6.07) is 9.03. The van der Waals surface area contributed by atoms with E-state index in [1.54, 1.807) is 18.3 Å². The van der Waals surface area contributed by atoms with Crippen molar-refractivity contribution < 1.29 is 4.79 Å². The highest BCUT2D eigenvalue weighted by atomic mass is 35.5. The van der Waals surface area contributed by atoms with Crippen LogP contribution in [0.15, 0.2) is 36.5 Å². The summed E-state index contributed by atoms with van der Waals surface area (Å²) in [5, 5.41) is 5.14. The molecule has 8 heteroatoms. The molecular formula is C18H19ClN6O. The fourth-order valence-electron chi connectivity index (χ4n) is 2.85. The Labute approximate surface area is 155 Å². The molecule has 0 atom stereocenters. The molecule has 0 saturated carbocycles. The molecule has 7 nitrogen and oxygen atoms in total. The molecule has 3 aromatic rings. The fraction of sp³-hybridized carbons (Fsp3) is 0.167. The number of hydrogen-bond donors (Lipinski definition) is 3. The second-order valence-corrected chi connectivity index (χ2v) is 6.37. The number of aryl methyl sites for hydroxylation is 1. The summed E-state index contributed by atoms with van der Waals surface area (Å²) in [6.07, 6.45) is 1.64. The predicted molar refractivity (Wildman–Crippen MR) is 102 cm³/mol. The van der Waals surface area contributed by atoms with Gasteiger partial charge >= 0.3 is 0 Å². The molecule has 134 valence electrons. The average molecular weight is 371 g/mol. The number of nitrogens with one attached hydrogen (secondary N) is 1. The Balaban J connectivity index is 1.90. The lowest BCUT2D eigenvalue weighted by atomic mass is 10.0. The number of carbonyl (C=O) groups excluding carboxylic acids is 1. The Hall–Kier alpha value is -2.90. The van der Waals surface area contributed by atoms with Crippen molar-refractivity contribution in [2.24, 2.45) is 5.84 Å². The molecule has 0 unspecified atom stereocenters. The van der Waals surface area contributed by atoms with Gasteiger partial charge in [0.25, 0.3) is 5.91 Å². The van der Waals surface area contributed by atoms with E-state index in [-0.39, 0.29) is 5.69 Å². The van der Waals surface area contributed by atoms with Gasteiger partial charge in [-0.15, -0.1) is 0 Å². The van der Waals surface area contributed by atoms with Gasteiger partial charge in [-0.05, 0) is 43.2 Å². The fourth-order valence-corrected chi connectivity index (χ4v) is 3.03. The molecule has 2 aromatic heterocycles. The van der Waals surface area contributed by atoms with E-state index in [4.69, 9.17) is 23.2 Å². The first kappa shape index (κ1) is 17.9. The quantitative estimate of drug-likeness (QED) is 0.282. The first-order chi connectivity index (χ1) is 12.4. The second kappa shape index (κ2) is 7.15. The van der Waals surface area contributed by atoms with Crippen LogP contribution in [0.5, 0.6) is 0 Å². The Kier molecular flexibility index (Phi) is 4.92. The van der Waals surface area contributed by atoms with Crippen LogP contribution in [0.4, 0.5) is 5.69 Å². The van der Waals surface area contributed by atoms with Crippen LogP contribution in [0.1, 0.15) is 27.4 Å². The van der Waals surface area contributed by atoms with Gasteiger partial charge in [0.05, 0.1) is 22.9 Å². The van der Waals surface area contributed by atoms with Crippen LogP contribution in [0.3, 0.4) is 0 Å². The molecule has 3 rings (SSSR count). The lowest BCUT2D eigenvalue weighted by Gasteiger charge is -2.07. The largest absolute Gasteiger partial charge is 0.398 e. The van der Waals surface area contributed by atoms with Crippen LogP contribution in [0.2, 0.25) is 5.02 Å². The molecule has 1 aromatic carbocycles. The monoisotopic (exact) mass is 370 g/mol. The average Bonchev–Trinajstić information content (AvgIpc) is 2.91. The van der Waals surface area contributed by atoms with Gasteiger partial charge in [0.15, 0.2) is 0 Å². The minimum atomic E-state index is -0.426. The highest BCUT2D eigenvalue weighted by Crippen LogP contribution is 2.31. The first-order valence-electron chi connectivity index (χ1n) is 7.96. The van der Waals surface area contributed by atoms with Gasteiger partial charge in [-0.3, -0.25) is 19.9 Å². The van der Waals surface area contributed by atoms with E-state index in [0.29, 0.717) is 17.3 Å². The molecule has 0 bridgehead atoms. The van der Waals surface area contributed by atoms with Crippen LogP contribution in [-0.4, -0.2) is 20.7 Å². The molecule has 5 N–H and O–H groups in total. The third kappa shape index (κ3) is 3.40. The summed E-state index contributed by atoms with van der Waals surface area (Å²) in [4.78, 5) is 15.6. The van der Waals surface area contributed by atoms with Crippen molar-refractivity contribution in [3.63, 3.8) is 0 Å². The van der Waals surface area contributed by atoms with Crippen LogP contribution in [0.25, 0.3) is 11.1 Å². The SMILES string of the molecule is Cc1nn(Cc2ccc(C(=O)NN)nc2)c(C)c1-c1ccc(N)c(Cl)c1. The number of pyridine rings is 1. The molecule has 1 amide bonds. The van der Waals surface area contributed by atoms with Gasteiger partial charge in [0.2, 0.25) is 0 Å². The Morgan fingerprint density at radius 2 is 2.04 bits per heavy atom. The molecule has 0 fully saturated rings. The highest BCUT2D eigenvalue weighted by Gasteiger charge is 2.15. The zero-order chi connectivity index (χ0) is 18.8. The molecule has 26 heavy (non-hydrogen) atoms. The van der Waals surface area contributed by atoms with E-state index in [0.717, 1.165) is 28.1 Å². The van der Waals surface area contributed by atoms with Gasteiger partial charge in [0, 0.05) is 17.5 Å². The second-order valence-electron chi connectivity index (χ2n) is 5.96. The molecule has 0 aliphatic rings. The minimum Gasteiger partial charge on any atom is -0.398 e. The van der Waals surface area contributed by atoms with E-state index < -0.39 is 5.91 Å². The highest BCUT2D eigenvalue weighted by molar-refractivity contribution is 6.33. The van der Waals surface area contributed by atoms with Crippen molar-refractivity contribution in [1.82, 2.24) is 20.2 Å². The third-order valence-corrected chi connectivity index (χ3v) is 4.52. The van der Waals surface area contributed by atoms with Crippen LogP contribution in [0, 0.1) is 13.8 Å². The zero-order valence-corrected chi connectivity index (χ0v) is 15.2. The number of carbonyl (C=O) groups is 1. The van der Waals surface area contributed by atoms with Crippen LogP contribution in [-0.2, 0) is 6.54 Å². The Morgan fingerprint density at radius 1 is 1.27 bits per heavy atom. The molecule has 0 spiro atoms. The number of hydrazine groups is 1. The summed E-state index contributed by atoms with van der Waals surface area (Å²) < 4.78 is 1.90. The van der Waals surface area contributed by atoms with Gasteiger partial charge in [-0.2, -0.15) is 5.10 Å². The number of nitrogens with zero attached hydrogens (tertiary/aromatic N) is 3. The summed E-state index contributed by atoms with van der Waals surface area (Å²) in [7, 11) is 0. The van der Waals surface area contributed by atoms with Crippen molar-refractivity contribution in [3.8, 4) is 11.1 Å². The number of rotatable bonds is 4. The molecule has 0 saturated heterocycles. The molecule has 2 heterocycles. The van der Waals surface area contributed by atoms with E-state index in [1.165, 1.54) is 0 Å². The topological polar surface area (TPSA) is 112 Å². The number of hydrogen-bond acceptors (Lipinski definition) is 5. The van der Waals surface area contributed by atoms with Crippen LogP contribution >= 0.6 is 11.6 Å². The summed E-state index contributed by atoms with van der Waals surface area (Å²) in [5.41, 5.74) is 13.5. The van der Waals surface area contributed by atoms with Gasteiger partial charge in [-0.25, -0.2) is 5.84 Å². The maximum Gasteiger partial charge on any atom is 0.283 e. The van der Waals surface area contributed by atoms with E-state index in [1.807, 2.05) is 36.7 Å². The normalized spacial score (nSPS) is 10.8. The number of nitrogens with two attached hydrogens (primary N) is 2. The number of nitrogen functional groups attached to an aromatic ring is 2. The molecule has 0 aliphatic carbocycles. The lowest BCUT2D eigenvalue weighted by Crippen LogP contribution is -2.30. The zero-order valence-electron chi connectivity index (χ0n) is 14.5. The van der Waals surface area contributed by atoms with Crippen molar-refractivity contribution >= 4 is 23.2 Å². The Bertz CT molecular complexity index is 965. The van der Waals surface area contributed by atoms with Gasteiger partial charge < -0.3 is 5.73 Å². The number of aromatic nitrogens is 3. The van der Waals surface area contributed by atoms with Crippen molar-refractivity contribution in [3.05, 3.63) is 64.2 Å². The summed E-state index contributed by atoms with van der Waals surface area (Å²) >= 11 is 6.16. The molecule has 0 aliphatic heterocycles. The van der Waals surface area contributed by atoms with Crippen LogP contribution < -0.4 is 17.0 Å². The Morgan fingerprint density at radius 3 is 2.65 bits per heavy atom. The van der Waals surface area contributed by atoms with Gasteiger partial charge in [-0.1, -0.05) is 23.7 Å². The smallest absolute Gasteiger partial charge is 0.283 e. The minimum absolute atomic E-state index is 0.266. The maximum atomic E-state index is 11.5. The number of halogens is 1. The summed E-state index contributed by atoms with van der Waals surface area (Å²) in [6.45, 7) is 4.49. The number of amides is 1. The van der Waals surface area contributed by atoms with Gasteiger partial charge in [0.1, 0.15) is 5.69 Å². The lowest BCUT2D eigenvalue weighted by molar-refractivity contribution is 0.0948. The van der Waals surface area contributed by atoms with E-state index in [9.17, 15) is 4.79 Å². The predicted octanol–water partition coefficient (Wildman–Crippen LogP) is 2.45. The first-order valence-corrected chi connectivity index (χ1v) is 8.33. The maximum absolute atomic E-state index is 11.5. The number of benzene rings is 1. The molecular weight excluding hydrogens is 352 g/mol. The van der Waals surface area contributed by atoms with Crippen molar-refractivity contribution in [2.75, 3.05) is 5.73 Å².